The van der Waals surface area contributed by atoms with E-state index in [1.807, 2.05) is 13.0 Å². The lowest BCUT2D eigenvalue weighted by Crippen LogP contribution is -2.11. The molecular formula is C8H11Cl. The average Bonchev–Trinajstić information content (AvgIpc) is 1.60. The first-order valence-corrected chi connectivity index (χ1v) is 3.53. The number of alkyl halides is 1. The Morgan fingerprint density at radius 3 is 2.67 bits per heavy atom. The van der Waals surface area contributed by atoms with Crippen molar-refractivity contribution < 1.29 is 0 Å². The Hall–Kier alpha value is -0.230. The molecule has 0 aliphatic heterocycles. The zero-order chi connectivity index (χ0) is 6.91. The van der Waals surface area contributed by atoms with E-state index in [0.717, 1.165) is 6.42 Å². The third-order valence-electron chi connectivity index (χ3n) is 1.41. The molecule has 0 nitrogen and oxygen atoms in total. The molecular weight excluding hydrogens is 132 g/mol. The molecule has 1 rings (SSSR count). The molecule has 0 radical (unpaired) electrons. The second-order valence-electron chi connectivity index (χ2n) is 2.75. The van der Waals surface area contributed by atoms with Crippen molar-refractivity contribution in [1.29, 1.82) is 0 Å². The summed E-state index contributed by atoms with van der Waals surface area (Å²) in [6.45, 7) is 4.10. The smallest absolute Gasteiger partial charge is 0.0780 e. The molecule has 0 amide bonds. The van der Waals surface area contributed by atoms with Crippen molar-refractivity contribution in [3.8, 4) is 0 Å². The van der Waals surface area contributed by atoms with Gasteiger partial charge in [-0.25, -0.2) is 0 Å². The van der Waals surface area contributed by atoms with Gasteiger partial charge in [0.1, 0.15) is 0 Å². The molecule has 0 aromatic heterocycles. The Morgan fingerprint density at radius 1 is 1.67 bits per heavy atom. The lowest BCUT2D eigenvalue weighted by molar-refractivity contribution is 0.927. The van der Waals surface area contributed by atoms with E-state index in [9.17, 15) is 0 Å². The van der Waals surface area contributed by atoms with Gasteiger partial charge in [-0.2, -0.15) is 0 Å². The number of hydrogen-bond donors (Lipinski definition) is 0. The van der Waals surface area contributed by atoms with Gasteiger partial charge < -0.3 is 0 Å². The van der Waals surface area contributed by atoms with Crippen LogP contribution < -0.4 is 0 Å². The highest BCUT2D eigenvalue weighted by Crippen LogP contribution is 2.25. The largest absolute Gasteiger partial charge is 0.110 e. The molecule has 0 aromatic carbocycles. The lowest BCUT2D eigenvalue weighted by atomic mass is 9.99. The van der Waals surface area contributed by atoms with Crippen molar-refractivity contribution in [2.75, 3.05) is 0 Å². The fourth-order valence-corrected chi connectivity index (χ4v) is 1.34. The summed E-state index contributed by atoms with van der Waals surface area (Å²) >= 11 is 6.00. The Bertz CT molecular complexity index is 163. The molecule has 0 heterocycles. The van der Waals surface area contributed by atoms with Crippen LogP contribution in [0, 0.1) is 0 Å². The first kappa shape index (κ1) is 6.88. The van der Waals surface area contributed by atoms with E-state index >= 15 is 0 Å². The Balaban J connectivity index is 2.78. The van der Waals surface area contributed by atoms with E-state index in [-0.39, 0.29) is 4.87 Å². The summed E-state index contributed by atoms with van der Waals surface area (Å²) in [7, 11) is 0. The molecule has 9 heavy (non-hydrogen) atoms. The van der Waals surface area contributed by atoms with Gasteiger partial charge in [-0.1, -0.05) is 23.8 Å². The van der Waals surface area contributed by atoms with Gasteiger partial charge in [0.25, 0.3) is 0 Å². The molecule has 50 valence electrons. The minimum Gasteiger partial charge on any atom is -0.110 e. The molecule has 0 bridgehead atoms. The van der Waals surface area contributed by atoms with E-state index in [1.165, 1.54) is 5.57 Å². The van der Waals surface area contributed by atoms with Crippen molar-refractivity contribution in [2.45, 2.75) is 25.1 Å². The summed E-state index contributed by atoms with van der Waals surface area (Å²) in [5.41, 5.74) is 1.36. The van der Waals surface area contributed by atoms with Gasteiger partial charge >= 0.3 is 0 Å². The first-order chi connectivity index (χ1) is 4.10. The minimum absolute atomic E-state index is 0.220. The summed E-state index contributed by atoms with van der Waals surface area (Å²) in [5, 5.41) is 0. The molecule has 0 saturated heterocycles. The van der Waals surface area contributed by atoms with Crippen LogP contribution in [0.2, 0.25) is 0 Å². The maximum atomic E-state index is 6.00. The van der Waals surface area contributed by atoms with Crippen LogP contribution in [-0.4, -0.2) is 4.87 Å². The highest BCUT2D eigenvalue weighted by atomic mass is 35.5. The van der Waals surface area contributed by atoms with Gasteiger partial charge in [-0.3, -0.25) is 0 Å². The zero-order valence-corrected chi connectivity index (χ0v) is 6.57. The third kappa shape index (κ3) is 1.87. The van der Waals surface area contributed by atoms with E-state index in [4.69, 9.17) is 11.6 Å². The summed E-state index contributed by atoms with van der Waals surface area (Å²) in [6.07, 6.45) is 7.29. The minimum atomic E-state index is -0.220. The predicted molar refractivity (Wildman–Crippen MR) is 41.8 cm³/mol. The van der Waals surface area contributed by atoms with Crippen molar-refractivity contribution in [1.82, 2.24) is 0 Å². The zero-order valence-electron chi connectivity index (χ0n) is 5.82. The van der Waals surface area contributed by atoms with Gasteiger partial charge in [-0.05, 0) is 20.3 Å². The highest BCUT2D eigenvalue weighted by molar-refractivity contribution is 6.26. The maximum Gasteiger partial charge on any atom is 0.0780 e. The first-order valence-electron chi connectivity index (χ1n) is 3.15. The second-order valence-corrected chi connectivity index (χ2v) is 3.56. The Kier molecular flexibility index (Phi) is 1.67. The van der Waals surface area contributed by atoms with Gasteiger partial charge in [0.2, 0.25) is 0 Å². The fourth-order valence-electron chi connectivity index (χ4n) is 1.06. The fraction of sp³-hybridized carbons (Fsp3) is 0.500. The van der Waals surface area contributed by atoms with E-state index < -0.39 is 0 Å². The number of allylic oxidation sites excluding steroid dienone is 4. The molecule has 0 N–H and O–H groups in total. The van der Waals surface area contributed by atoms with E-state index in [0.29, 0.717) is 0 Å². The predicted octanol–water partition coefficient (Wildman–Crippen LogP) is 2.89. The summed E-state index contributed by atoms with van der Waals surface area (Å²) in [6, 6.07) is 0. The molecule has 1 atom stereocenters. The summed E-state index contributed by atoms with van der Waals surface area (Å²) in [5.74, 6) is 0. The highest BCUT2D eigenvalue weighted by Gasteiger charge is 2.15. The van der Waals surface area contributed by atoms with Crippen LogP contribution in [0.3, 0.4) is 0 Å². The van der Waals surface area contributed by atoms with Gasteiger partial charge in [0.05, 0.1) is 4.87 Å². The second kappa shape index (κ2) is 2.18. The van der Waals surface area contributed by atoms with Crippen molar-refractivity contribution in [2.24, 2.45) is 0 Å². The van der Waals surface area contributed by atoms with Crippen LogP contribution in [0.4, 0.5) is 0 Å². The average molecular weight is 143 g/mol. The standard InChI is InChI=1S/C8H11Cl/c1-7-4-3-5-8(2,9)6-7/h3,5-6H,4H2,1-2H3. The van der Waals surface area contributed by atoms with Crippen LogP contribution in [0.25, 0.3) is 0 Å². The van der Waals surface area contributed by atoms with Gasteiger partial charge in [0, 0.05) is 0 Å². The molecule has 1 unspecified atom stereocenters. The van der Waals surface area contributed by atoms with Gasteiger partial charge in [-0.15, -0.1) is 11.6 Å². The molecule has 0 saturated carbocycles. The molecule has 1 aliphatic rings. The molecule has 1 heteroatoms. The molecule has 0 aromatic rings. The number of halogens is 1. The number of rotatable bonds is 0. The van der Waals surface area contributed by atoms with Crippen LogP contribution in [0.5, 0.6) is 0 Å². The summed E-state index contributed by atoms with van der Waals surface area (Å²) < 4.78 is 0. The summed E-state index contributed by atoms with van der Waals surface area (Å²) in [4.78, 5) is -0.220. The SMILES string of the molecule is CC1=CC(C)(Cl)C=CC1. The van der Waals surface area contributed by atoms with Crippen LogP contribution in [0.1, 0.15) is 20.3 Å². The van der Waals surface area contributed by atoms with Crippen molar-refractivity contribution in [3.63, 3.8) is 0 Å². The van der Waals surface area contributed by atoms with Crippen molar-refractivity contribution in [3.05, 3.63) is 23.8 Å². The normalized spacial score (nSPS) is 34.3. The molecule has 0 fully saturated rings. The van der Waals surface area contributed by atoms with E-state index in [1.54, 1.807) is 0 Å². The van der Waals surface area contributed by atoms with Crippen LogP contribution in [0.15, 0.2) is 23.8 Å². The Labute approximate surface area is 61.2 Å². The number of hydrogen-bond acceptors (Lipinski definition) is 0. The van der Waals surface area contributed by atoms with Crippen LogP contribution in [-0.2, 0) is 0 Å². The monoisotopic (exact) mass is 142 g/mol. The van der Waals surface area contributed by atoms with Crippen molar-refractivity contribution >= 4 is 11.6 Å². The quantitative estimate of drug-likeness (QED) is 0.361. The maximum absolute atomic E-state index is 6.00. The lowest BCUT2D eigenvalue weighted by Gasteiger charge is -2.17. The molecule has 1 aliphatic carbocycles. The van der Waals surface area contributed by atoms with Gasteiger partial charge in [0.15, 0.2) is 0 Å². The topological polar surface area (TPSA) is 0 Å². The van der Waals surface area contributed by atoms with Crippen LogP contribution >= 0.6 is 11.6 Å². The third-order valence-corrected chi connectivity index (χ3v) is 1.65. The van der Waals surface area contributed by atoms with E-state index in [2.05, 4.69) is 19.1 Å². The molecule has 0 spiro atoms. The Morgan fingerprint density at radius 2 is 2.33 bits per heavy atom.